The maximum Gasteiger partial charge on any atom is 0.276 e. The van der Waals surface area contributed by atoms with Crippen LogP contribution in [0.5, 0.6) is 5.75 Å². The summed E-state index contributed by atoms with van der Waals surface area (Å²) in [5.41, 5.74) is 2.10. The highest BCUT2D eigenvalue weighted by atomic mass is 35.5. The predicted molar refractivity (Wildman–Crippen MR) is 92.3 cm³/mol. The second kappa shape index (κ2) is 5.93. The summed E-state index contributed by atoms with van der Waals surface area (Å²) in [4.78, 5) is 31.5. The second-order valence-electron chi connectivity index (χ2n) is 5.82. The number of aromatic amines is 1. The van der Waals surface area contributed by atoms with Crippen LogP contribution < -0.4 is 10.3 Å². The van der Waals surface area contributed by atoms with Crippen LogP contribution in [0.1, 0.15) is 21.6 Å². The fourth-order valence-electron chi connectivity index (χ4n) is 3.12. The van der Waals surface area contributed by atoms with Crippen molar-refractivity contribution in [2.24, 2.45) is 0 Å². The van der Waals surface area contributed by atoms with Gasteiger partial charge in [0, 0.05) is 29.4 Å². The molecule has 7 nitrogen and oxygen atoms in total. The fourth-order valence-corrected chi connectivity index (χ4v) is 3.29. The van der Waals surface area contributed by atoms with Gasteiger partial charge >= 0.3 is 0 Å². The standard InChI is InChI=1S/C17H15ClN4O3/c1-25-14-3-2-10(18)8-12(14)16(23)21-7-5-11-13(9-21)20-15-4-6-19-22(15)17(11)24/h2-4,6,8,19H,5,7,9H2,1H3. The molecule has 0 fully saturated rings. The van der Waals surface area contributed by atoms with Crippen molar-refractivity contribution in [3.63, 3.8) is 0 Å². The predicted octanol–water partition coefficient (Wildman–Crippen LogP) is 1.88. The Morgan fingerprint density at radius 1 is 1.36 bits per heavy atom. The van der Waals surface area contributed by atoms with E-state index in [4.69, 9.17) is 16.3 Å². The first-order valence-corrected chi connectivity index (χ1v) is 8.17. The lowest BCUT2D eigenvalue weighted by Crippen LogP contribution is -2.39. The Balaban J connectivity index is 1.71. The number of hydrogen-bond donors (Lipinski definition) is 1. The van der Waals surface area contributed by atoms with Gasteiger partial charge in [0.05, 0.1) is 24.9 Å². The van der Waals surface area contributed by atoms with E-state index in [1.54, 1.807) is 35.4 Å². The molecule has 1 aliphatic heterocycles. The summed E-state index contributed by atoms with van der Waals surface area (Å²) in [6.45, 7) is 0.714. The van der Waals surface area contributed by atoms with Crippen LogP contribution in [0.2, 0.25) is 5.02 Å². The Kier molecular flexibility index (Phi) is 3.73. The van der Waals surface area contributed by atoms with E-state index in [0.717, 1.165) is 0 Å². The number of rotatable bonds is 2. The zero-order valence-corrected chi connectivity index (χ0v) is 14.2. The van der Waals surface area contributed by atoms with Crippen molar-refractivity contribution in [2.75, 3.05) is 13.7 Å². The molecule has 8 heteroatoms. The zero-order chi connectivity index (χ0) is 17.6. The Morgan fingerprint density at radius 3 is 3.00 bits per heavy atom. The molecular formula is C17H15ClN4O3. The first-order chi connectivity index (χ1) is 12.1. The molecule has 0 unspecified atom stereocenters. The molecule has 128 valence electrons. The average molecular weight is 359 g/mol. The summed E-state index contributed by atoms with van der Waals surface area (Å²) in [5, 5.41) is 3.31. The van der Waals surface area contributed by atoms with Crippen LogP contribution in [0, 0.1) is 0 Å². The molecule has 0 radical (unpaired) electrons. The van der Waals surface area contributed by atoms with Gasteiger partial charge in [0.2, 0.25) is 0 Å². The van der Waals surface area contributed by atoms with E-state index in [1.165, 1.54) is 11.6 Å². The third-order valence-corrected chi connectivity index (χ3v) is 4.61. The quantitative estimate of drug-likeness (QED) is 0.758. The molecule has 2 aromatic heterocycles. The Bertz CT molecular complexity index is 1040. The van der Waals surface area contributed by atoms with Crippen LogP contribution in [-0.4, -0.2) is 39.1 Å². The molecule has 3 aromatic rings. The molecule has 0 bridgehead atoms. The number of amides is 1. The van der Waals surface area contributed by atoms with Crippen molar-refractivity contribution < 1.29 is 9.53 Å². The number of benzene rings is 1. The third-order valence-electron chi connectivity index (χ3n) is 4.38. The number of nitrogens with zero attached hydrogens (tertiary/aromatic N) is 3. The SMILES string of the molecule is COc1ccc(Cl)cc1C(=O)N1CCc2c(nc3cc[nH]n3c2=O)C1. The molecule has 0 atom stereocenters. The van der Waals surface area contributed by atoms with E-state index < -0.39 is 0 Å². The number of ether oxygens (including phenoxy) is 1. The monoisotopic (exact) mass is 358 g/mol. The van der Waals surface area contributed by atoms with Crippen LogP contribution in [0.15, 0.2) is 35.3 Å². The van der Waals surface area contributed by atoms with Crippen molar-refractivity contribution in [3.05, 3.63) is 62.7 Å². The lowest BCUT2D eigenvalue weighted by molar-refractivity contribution is 0.0728. The molecule has 0 saturated heterocycles. The minimum absolute atomic E-state index is 0.113. The number of carbonyl (C=O) groups is 1. The summed E-state index contributed by atoms with van der Waals surface area (Å²) < 4.78 is 6.68. The number of carbonyl (C=O) groups excluding carboxylic acids is 1. The van der Waals surface area contributed by atoms with Gasteiger partial charge in [0.25, 0.3) is 11.5 Å². The molecule has 0 saturated carbocycles. The molecule has 3 heterocycles. The van der Waals surface area contributed by atoms with Crippen LogP contribution in [0.25, 0.3) is 5.65 Å². The first-order valence-electron chi connectivity index (χ1n) is 7.79. The Hall–Kier alpha value is -2.80. The van der Waals surface area contributed by atoms with Gasteiger partial charge < -0.3 is 9.64 Å². The van der Waals surface area contributed by atoms with Gasteiger partial charge in [-0.25, -0.2) is 9.50 Å². The summed E-state index contributed by atoms with van der Waals surface area (Å²) in [6.07, 6.45) is 2.12. The Morgan fingerprint density at radius 2 is 2.20 bits per heavy atom. The molecule has 0 spiro atoms. The maximum atomic E-state index is 12.9. The van der Waals surface area contributed by atoms with Crippen molar-refractivity contribution in [1.82, 2.24) is 19.5 Å². The fraction of sp³-hybridized carbons (Fsp3) is 0.235. The van der Waals surface area contributed by atoms with Crippen molar-refractivity contribution in [1.29, 1.82) is 0 Å². The molecule has 25 heavy (non-hydrogen) atoms. The topological polar surface area (TPSA) is 79.7 Å². The molecule has 1 aliphatic rings. The normalized spacial score (nSPS) is 13.8. The highest BCUT2D eigenvalue weighted by Gasteiger charge is 2.27. The van der Waals surface area contributed by atoms with E-state index in [9.17, 15) is 9.59 Å². The molecule has 1 aromatic carbocycles. The van der Waals surface area contributed by atoms with Crippen molar-refractivity contribution in [2.45, 2.75) is 13.0 Å². The lowest BCUT2D eigenvalue weighted by atomic mass is 10.0. The van der Waals surface area contributed by atoms with Crippen molar-refractivity contribution in [3.8, 4) is 5.75 Å². The van der Waals surface area contributed by atoms with E-state index in [0.29, 0.717) is 46.2 Å². The molecule has 1 N–H and O–H groups in total. The maximum absolute atomic E-state index is 12.9. The highest BCUT2D eigenvalue weighted by molar-refractivity contribution is 6.31. The summed E-state index contributed by atoms with van der Waals surface area (Å²) >= 11 is 6.03. The lowest BCUT2D eigenvalue weighted by Gasteiger charge is -2.28. The van der Waals surface area contributed by atoms with Gasteiger partial charge in [-0.1, -0.05) is 11.6 Å². The van der Waals surface area contributed by atoms with Gasteiger partial charge in [-0.15, -0.1) is 0 Å². The van der Waals surface area contributed by atoms with Gasteiger partial charge in [-0.3, -0.25) is 14.7 Å². The van der Waals surface area contributed by atoms with Gasteiger partial charge in [0.1, 0.15) is 5.75 Å². The minimum Gasteiger partial charge on any atom is -0.496 e. The molecule has 1 amide bonds. The molecule has 0 aliphatic carbocycles. The number of methoxy groups -OCH3 is 1. The van der Waals surface area contributed by atoms with Gasteiger partial charge in [-0.05, 0) is 24.6 Å². The van der Waals surface area contributed by atoms with Crippen LogP contribution in [-0.2, 0) is 13.0 Å². The highest BCUT2D eigenvalue weighted by Crippen LogP contribution is 2.26. The largest absolute Gasteiger partial charge is 0.496 e. The number of H-pyrrole nitrogens is 1. The average Bonchev–Trinajstić information content (AvgIpc) is 3.09. The minimum atomic E-state index is -0.193. The second-order valence-corrected chi connectivity index (χ2v) is 6.26. The van der Waals surface area contributed by atoms with Gasteiger partial charge in [0.15, 0.2) is 5.65 Å². The number of halogens is 1. The summed E-state index contributed by atoms with van der Waals surface area (Å²) in [6, 6.07) is 6.66. The van der Waals surface area contributed by atoms with E-state index in [-0.39, 0.29) is 18.0 Å². The molecule has 4 rings (SSSR count). The number of nitrogens with one attached hydrogen (secondary N) is 1. The zero-order valence-electron chi connectivity index (χ0n) is 13.5. The number of fused-ring (bicyclic) bond motifs is 2. The molecular weight excluding hydrogens is 344 g/mol. The van der Waals surface area contributed by atoms with Crippen LogP contribution in [0.3, 0.4) is 0 Å². The third kappa shape index (κ3) is 2.56. The van der Waals surface area contributed by atoms with E-state index in [1.807, 2.05) is 0 Å². The van der Waals surface area contributed by atoms with E-state index >= 15 is 0 Å². The van der Waals surface area contributed by atoms with Gasteiger partial charge in [-0.2, -0.15) is 0 Å². The van der Waals surface area contributed by atoms with Crippen LogP contribution >= 0.6 is 11.6 Å². The number of aromatic nitrogens is 3. The smallest absolute Gasteiger partial charge is 0.276 e. The van der Waals surface area contributed by atoms with E-state index in [2.05, 4.69) is 10.1 Å². The first kappa shape index (κ1) is 15.7. The summed E-state index contributed by atoms with van der Waals surface area (Å²) in [5.74, 6) is 0.273. The van der Waals surface area contributed by atoms with Crippen molar-refractivity contribution >= 4 is 23.2 Å². The summed E-state index contributed by atoms with van der Waals surface area (Å²) in [7, 11) is 1.51. The van der Waals surface area contributed by atoms with Crippen LogP contribution in [0.4, 0.5) is 0 Å². The Labute approximate surface area is 147 Å². The number of hydrogen-bond acceptors (Lipinski definition) is 4.